The third-order valence-electron chi connectivity index (χ3n) is 3.91. The van der Waals surface area contributed by atoms with E-state index >= 15 is 0 Å². The number of rotatable bonds is 7. The number of thioether (sulfide) groups is 1. The highest BCUT2D eigenvalue weighted by Gasteiger charge is 2.23. The summed E-state index contributed by atoms with van der Waals surface area (Å²) < 4.78 is 5.38. The van der Waals surface area contributed by atoms with Crippen LogP contribution in [0.3, 0.4) is 0 Å². The smallest absolute Gasteiger partial charge is 0.407 e. The van der Waals surface area contributed by atoms with Crippen molar-refractivity contribution in [2.45, 2.75) is 51.7 Å². The summed E-state index contributed by atoms with van der Waals surface area (Å²) in [5, 5.41) is 3.04. The molecule has 1 aliphatic rings. The van der Waals surface area contributed by atoms with Crippen LogP contribution in [-0.4, -0.2) is 60.8 Å². The third kappa shape index (κ3) is 8.25. The summed E-state index contributed by atoms with van der Waals surface area (Å²) in [6.07, 6.45) is 5.08. The second kappa shape index (κ2) is 9.63. The van der Waals surface area contributed by atoms with E-state index in [1.165, 1.54) is 0 Å². The Labute approximate surface area is 139 Å². The molecule has 1 heterocycles. The number of likely N-dealkylation sites (tertiary alicyclic amines) is 1. The Morgan fingerprint density at radius 2 is 2.05 bits per heavy atom. The summed E-state index contributed by atoms with van der Waals surface area (Å²) in [6.45, 7) is 9.52. The summed E-state index contributed by atoms with van der Waals surface area (Å²) in [5.74, 6) is 1.71. The first-order valence-electron chi connectivity index (χ1n) is 8.25. The molecule has 0 aromatic heterocycles. The first-order valence-corrected chi connectivity index (χ1v) is 9.64. The van der Waals surface area contributed by atoms with E-state index in [9.17, 15) is 4.79 Å². The molecule has 1 fully saturated rings. The molecule has 0 radical (unpaired) electrons. The minimum Gasteiger partial charge on any atom is -0.444 e. The molecule has 22 heavy (non-hydrogen) atoms. The van der Waals surface area contributed by atoms with Crippen LogP contribution in [-0.2, 0) is 4.74 Å². The van der Waals surface area contributed by atoms with Crippen molar-refractivity contribution in [3.63, 3.8) is 0 Å². The Hall–Kier alpha value is -0.460. The van der Waals surface area contributed by atoms with Crippen molar-refractivity contribution < 1.29 is 9.53 Å². The maximum absolute atomic E-state index is 12.0. The number of carbonyl (C=O) groups excluding carboxylic acids is 1. The molecule has 0 aliphatic carbocycles. The van der Waals surface area contributed by atoms with Crippen molar-refractivity contribution in [3.8, 4) is 0 Å². The largest absolute Gasteiger partial charge is 0.444 e. The average molecular weight is 332 g/mol. The summed E-state index contributed by atoms with van der Waals surface area (Å²) >= 11 is 1.81. The molecule has 0 aromatic rings. The number of hydrogen-bond acceptors (Lipinski definition) is 5. The zero-order valence-corrected chi connectivity index (χ0v) is 15.4. The minimum absolute atomic E-state index is 0.150. The van der Waals surface area contributed by atoms with Gasteiger partial charge in [0.15, 0.2) is 0 Å². The van der Waals surface area contributed by atoms with Gasteiger partial charge in [-0.1, -0.05) is 0 Å². The van der Waals surface area contributed by atoms with Gasteiger partial charge in [0, 0.05) is 12.6 Å². The predicted octanol–water partition coefficient (Wildman–Crippen LogP) is 2.30. The molecule has 1 atom stereocenters. The number of hydrogen-bond donors (Lipinski definition) is 2. The fourth-order valence-electron chi connectivity index (χ4n) is 2.66. The Morgan fingerprint density at radius 3 is 2.55 bits per heavy atom. The van der Waals surface area contributed by atoms with Crippen molar-refractivity contribution in [1.82, 2.24) is 10.2 Å². The molecule has 0 saturated carbocycles. The van der Waals surface area contributed by atoms with E-state index in [2.05, 4.69) is 16.5 Å². The lowest BCUT2D eigenvalue weighted by Gasteiger charge is -2.34. The number of carbonyl (C=O) groups is 1. The second-order valence-corrected chi connectivity index (χ2v) is 8.09. The van der Waals surface area contributed by atoms with Gasteiger partial charge in [0.1, 0.15) is 5.60 Å². The molecule has 1 aliphatic heterocycles. The highest BCUT2D eigenvalue weighted by atomic mass is 32.2. The molecular formula is C16H33N3O2S. The number of piperidine rings is 1. The van der Waals surface area contributed by atoms with Gasteiger partial charge in [0.2, 0.25) is 0 Å². The van der Waals surface area contributed by atoms with E-state index in [4.69, 9.17) is 10.5 Å². The summed E-state index contributed by atoms with van der Waals surface area (Å²) in [7, 11) is 0. The van der Waals surface area contributed by atoms with Crippen molar-refractivity contribution in [1.29, 1.82) is 0 Å². The Kier molecular flexibility index (Phi) is 8.57. The predicted molar refractivity (Wildman–Crippen MR) is 94.4 cm³/mol. The fraction of sp³-hybridized carbons (Fsp3) is 0.938. The van der Waals surface area contributed by atoms with Gasteiger partial charge in [-0.05, 0) is 77.6 Å². The Balaban J connectivity index is 2.45. The first kappa shape index (κ1) is 19.6. The van der Waals surface area contributed by atoms with E-state index in [1.807, 2.05) is 32.5 Å². The molecule has 1 saturated heterocycles. The van der Waals surface area contributed by atoms with Crippen molar-refractivity contribution >= 4 is 17.9 Å². The molecule has 0 unspecified atom stereocenters. The highest BCUT2D eigenvalue weighted by molar-refractivity contribution is 7.98. The molecule has 0 bridgehead atoms. The summed E-state index contributed by atoms with van der Waals surface area (Å²) in [6, 6.07) is 0.150. The van der Waals surface area contributed by atoms with Gasteiger partial charge in [-0.3, -0.25) is 0 Å². The van der Waals surface area contributed by atoms with Gasteiger partial charge < -0.3 is 20.7 Å². The monoisotopic (exact) mass is 331 g/mol. The van der Waals surface area contributed by atoms with E-state index in [0.29, 0.717) is 5.92 Å². The average Bonchev–Trinajstić information content (AvgIpc) is 2.43. The number of alkyl carbamates (subject to hydrolysis) is 1. The zero-order chi connectivity index (χ0) is 16.6. The number of nitrogens with two attached hydrogens (primary N) is 1. The minimum atomic E-state index is -0.451. The Bertz CT molecular complexity index is 326. The maximum Gasteiger partial charge on any atom is 0.407 e. The molecule has 6 heteroatoms. The van der Waals surface area contributed by atoms with Crippen LogP contribution in [0.2, 0.25) is 0 Å². The normalized spacial score (nSPS) is 19.0. The lowest BCUT2D eigenvalue weighted by molar-refractivity contribution is 0.0484. The highest BCUT2D eigenvalue weighted by Crippen LogP contribution is 2.17. The quantitative estimate of drug-likeness (QED) is 0.749. The van der Waals surface area contributed by atoms with Crippen LogP contribution in [0.5, 0.6) is 0 Å². The van der Waals surface area contributed by atoms with Crippen LogP contribution in [0, 0.1) is 5.92 Å². The fourth-order valence-corrected chi connectivity index (χ4v) is 3.18. The van der Waals surface area contributed by atoms with E-state index in [-0.39, 0.29) is 12.1 Å². The van der Waals surface area contributed by atoms with Gasteiger partial charge in [-0.2, -0.15) is 11.8 Å². The molecule has 5 nitrogen and oxygen atoms in total. The van der Waals surface area contributed by atoms with Crippen LogP contribution in [0.15, 0.2) is 0 Å². The van der Waals surface area contributed by atoms with Crippen molar-refractivity contribution in [2.24, 2.45) is 11.7 Å². The summed E-state index contributed by atoms with van der Waals surface area (Å²) in [4.78, 5) is 14.4. The third-order valence-corrected chi connectivity index (χ3v) is 4.55. The number of nitrogens with one attached hydrogen (secondary N) is 1. The molecule has 1 rings (SSSR count). The lowest BCUT2D eigenvalue weighted by atomic mass is 9.97. The van der Waals surface area contributed by atoms with Crippen LogP contribution >= 0.6 is 11.8 Å². The Morgan fingerprint density at radius 1 is 1.41 bits per heavy atom. The topological polar surface area (TPSA) is 67.6 Å². The molecule has 0 spiro atoms. The van der Waals surface area contributed by atoms with Gasteiger partial charge in [0.25, 0.3) is 0 Å². The SMILES string of the molecule is CSCC[C@H](CN1CCC(CN)CC1)NC(=O)OC(C)(C)C. The molecule has 130 valence electrons. The molecule has 0 aromatic carbocycles. The first-order chi connectivity index (χ1) is 10.3. The van der Waals surface area contributed by atoms with Crippen LogP contribution in [0.25, 0.3) is 0 Å². The van der Waals surface area contributed by atoms with E-state index < -0.39 is 5.60 Å². The lowest BCUT2D eigenvalue weighted by Crippen LogP contribution is -2.48. The number of ether oxygens (including phenoxy) is 1. The van der Waals surface area contributed by atoms with Crippen LogP contribution in [0.1, 0.15) is 40.0 Å². The van der Waals surface area contributed by atoms with Crippen molar-refractivity contribution in [2.75, 3.05) is 38.2 Å². The number of amides is 1. The maximum atomic E-state index is 12.0. The van der Waals surface area contributed by atoms with Gasteiger partial charge in [-0.25, -0.2) is 4.79 Å². The van der Waals surface area contributed by atoms with Gasteiger partial charge >= 0.3 is 6.09 Å². The van der Waals surface area contributed by atoms with Gasteiger partial charge in [0.05, 0.1) is 0 Å². The number of nitrogens with zero attached hydrogens (tertiary/aromatic N) is 1. The van der Waals surface area contributed by atoms with Crippen LogP contribution < -0.4 is 11.1 Å². The zero-order valence-electron chi connectivity index (χ0n) is 14.6. The summed E-state index contributed by atoms with van der Waals surface area (Å²) in [5.41, 5.74) is 5.29. The van der Waals surface area contributed by atoms with Crippen molar-refractivity contribution in [3.05, 3.63) is 0 Å². The molecule has 1 amide bonds. The van der Waals surface area contributed by atoms with E-state index in [1.54, 1.807) is 0 Å². The molecular weight excluding hydrogens is 298 g/mol. The molecule has 3 N–H and O–H groups in total. The standard InChI is InChI=1S/C16H33N3O2S/c1-16(2,3)21-15(20)18-14(7-10-22-4)12-19-8-5-13(11-17)6-9-19/h13-14H,5-12,17H2,1-4H3,(H,18,20)/t14-/m1/s1. The van der Waals surface area contributed by atoms with Crippen LogP contribution in [0.4, 0.5) is 4.79 Å². The van der Waals surface area contributed by atoms with E-state index in [0.717, 1.165) is 51.2 Å². The second-order valence-electron chi connectivity index (χ2n) is 7.10. The van der Waals surface area contributed by atoms with Gasteiger partial charge in [-0.15, -0.1) is 0 Å².